The average Bonchev–Trinajstić information content (AvgIpc) is 2.91. The first-order valence-corrected chi connectivity index (χ1v) is 6.45. The molecular weight excluding hydrogens is 288 g/mol. The third kappa shape index (κ3) is 2.99. The van der Waals surface area contributed by atoms with Crippen molar-refractivity contribution >= 4 is 23.4 Å². The first kappa shape index (κ1) is 15.3. The largest absolute Gasteiger partial charge is 0.497 e. The Kier molecular flexibility index (Phi) is 4.77. The van der Waals surface area contributed by atoms with Gasteiger partial charge in [-0.2, -0.15) is 0 Å². The SMILES string of the molecule is CNCc1ccc(-n2nnc3cc(OC)ccc32)cc1.Cl. The molecule has 0 atom stereocenters. The first-order valence-electron chi connectivity index (χ1n) is 6.45. The van der Waals surface area contributed by atoms with Gasteiger partial charge in [0, 0.05) is 12.6 Å². The van der Waals surface area contributed by atoms with Gasteiger partial charge in [0.2, 0.25) is 0 Å². The third-order valence-corrected chi connectivity index (χ3v) is 3.21. The number of aromatic nitrogens is 3. The minimum atomic E-state index is 0. The summed E-state index contributed by atoms with van der Waals surface area (Å²) in [6.45, 7) is 0.857. The van der Waals surface area contributed by atoms with Crippen molar-refractivity contribution < 1.29 is 4.74 Å². The van der Waals surface area contributed by atoms with E-state index in [0.29, 0.717) is 0 Å². The molecule has 110 valence electrons. The highest BCUT2D eigenvalue weighted by Gasteiger charge is 2.07. The Labute approximate surface area is 129 Å². The number of hydrogen-bond donors (Lipinski definition) is 1. The predicted molar refractivity (Wildman–Crippen MR) is 85.4 cm³/mol. The maximum Gasteiger partial charge on any atom is 0.121 e. The van der Waals surface area contributed by atoms with Gasteiger partial charge in [0.05, 0.1) is 18.3 Å². The van der Waals surface area contributed by atoms with Crippen molar-refractivity contribution in [3.8, 4) is 11.4 Å². The second-order valence-corrected chi connectivity index (χ2v) is 4.55. The van der Waals surface area contributed by atoms with Crippen LogP contribution in [0.1, 0.15) is 5.56 Å². The Balaban J connectivity index is 0.00000161. The summed E-state index contributed by atoms with van der Waals surface area (Å²) in [6.07, 6.45) is 0. The summed E-state index contributed by atoms with van der Waals surface area (Å²) < 4.78 is 7.03. The zero-order valence-corrected chi connectivity index (χ0v) is 12.7. The monoisotopic (exact) mass is 304 g/mol. The van der Waals surface area contributed by atoms with Crippen molar-refractivity contribution in [2.75, 3.05) is 14.2 Å². The second-order valence-electron chi connectivity index (χ2n) is 4.55. The summed E-state index contributed by atoms with van der Waals surface area (Å²) in [5, 5.41) is 11.5. The van der Waals surface area contributed by atoms with E-state index in [-0.39, 0.29) is 12.4 Å². The molecule has 3 rings (SSSR count). The summed E-state index contributed by atoms with van der Waals surface area (Å²) in [7, 11) is 3.58. The van der Waals surface area contributed by atoms with Crippen molar-refractivity contribution in [3.63, 3.8) is 0 Å². The molecule has 5 nitrogen and oxygen atoms in total. The molecule has 1 N–H and O–H groups in total. The van der Waals surface area contributed by atoms with Gasteiger partial charge in [-0.1, -0.05) is 17.3 Å². The normalized spacial score (nSPS) is 10.4. The Morgan fingerprint density at radius 3 is 2.57 bits per heavy atom. The third-order valence-electron chi connectivity index (χ3n) is 3.21. The van der Waals surface area contributed by atoms with E-state index in [1.807, 2.05) is 42.1 Å². The van der Waals surface area contributed by atoms with Crippen LogP contribution in [0.5, 0.6) is 5.75 Å². The van der Waals surface area contributed by atoms with Gasteiger partial charge in [0.25, 0.3) is 0 Å². The van der Waals surface area contributed by atoms with Crippen LogP contribution >= 0.6 is 12.4 Å². The van der Waals surface area contributed by atoms with Crippen LogP contribution in [-0.2, 0) is 6.54 Å². The number of fused-ring (bicyclic) bond motifs is 1. The van der Waals surface area contributed by atoms with Crippen LogP contribution in [-0.4, -0.2) is 29.2 Å². The lowest BCUT2D eigenvalue weighted by Crippen LogP contribution is -2.05. The summed E-state index contributed by atoms with van der Waals surface area (Å²) in [5.41, 5.74) is 4.02. The highest BCUT2D eigenvalue weighted by molar-refractivity contribution is 5.85. The number of benzene rings is 2. The quantitative estimate of drug-likeness (QED) is 0.805. The molecule has 1 aromatic heterocycles. The fourth-order valence-electron chi connectivity index (χ4n) is 2.18. The summed E-state index contributed by atoms with van der Waals surface area (Å²) in [6, 6.07) is 14.0. The Morgan fingerprint density at radius 2 is 1.90 bits per heavy atom. The number of rotatable bonds is 4. The van der Waals surface area contributed by atoms with E-state index >= 15 is 0 Å². The lowest BCUT2D eigenvalue weighted by Gasteiger charge is -2.05. The van der Waals surface area contributed by atoms with E-state index in [1.54, 1.807) is 7.11 Å². The molecule has 0 amide bonds. The number of nitrogens with one attached hydrogen (secondary N) is 1. The van der Waals surface area contributed by atoms with E-state index < -0.39 is 0 Å². The van der Waals surface area contributed by atoms with Crippen molar-refractivity contribution in [2.45, 2.75) is 6.54 Å². The molecule has 3 aromatic rings. The topological polar surface area (TPSA) is 52.0 Å². The summed E-state index contributed by atoms with van der Waals surface area (Å²) in [4.78, 5) is 0. The van der Waals surface area contributed by atoms with Crippen molar-refractivity contribution in [1.82, 2.24) is 20.3 Å². The highest BCUT2D eigenvalue weighted by atomic mass is 35.5. The highest BCUT2D eigenvalue weighted by Crippen LogP contribution is 2.21. The molecule has 0 spiro atoms. The fraction of sp³-hybridized carbons (Fsp3) is 0.200. The maximum absolute atomic E-state index is 5.20. The molecule has 0 saturated carbocycles. The van der Waals surface area contributed by atoms with Crippen LogP contribution in [0.4, 0.5) is 0 Å². The van der Waals surface area contributed by atoms with Gasteiger partial charge in [-0.05, 0) is 36.9 Å². The molecule has 0 radical (unpaired) electrons. The Bertz CT molecular complexity index is 724. The van der Waals surface area contributed by atoms with Crippen LogP contribution < -0.4 is 10.1 Å². The van der Waals surface area contributed by atoms with E-state index in [4.69, 9.17) is 4.74 Å². The molecular formula is C15H17ClN4O. The molecule has 0 unspecified atom stereocenters. The number of halogens is 1. The van der Waals surface area contributed by atoms with Crippen LogP contribution in [0.3, 0.4) is 0 Å². The zero-order chi connectivity index (χ0) is 13.9. The fourth-order valence-corrected chi connectivity index (χ4v) is 2.18. The van der Waals surface area contributed by atoms with E-state index in [2.05, 4.69) is 27.8 Å². The number of ether oxygens (including phenoxy) is 1. The molecule has 0 bridgehead atoms. The van der Waals surface area contributed by atoms with Gasteiger partial charge in [-0.25, -0.2) is 4.68 Å². The van der Waals surface area contributed by atoms with Crippen molar-refractivity contribution in [2.24, 2.45) is 0 Å². The van der Waals surface area contributed by atoms with Gasteiger partial charge in [0.1, 0.15) is 11.3 Å². The van der Waals surface area contributed by atoms with E-state index in [0.717, 1.165) is 29.0 Å². The van der Waals surface area contributed by atoms with E-state index in [9.17, 15) is 0 Å². The Morgan fingerprint density at radius 1 is 1.14 bits per heavy atom. The smallest absolute Gasteiger partial charge is 0.121 e. The van der Waals surface area contributed by atoms with Crippen LogP contribution in [0.25, 0.3) is 16.7 Å². The zero-order valence-electron chi connectivity index (χ0n) is 11.9. The molecule has 0 aliphatic rings. The standard InChI is InChI=1S/C15H16N4O.ClH/c1-16-10-11-3-5-12(6-4-11)19-15-8-7-13(20-2)9-14(15)17-18-19;/h3-9,16H,10H2,1-2H3;1H. The molecule has 0 aliphatic heterocycles. The summed E-state index contributed by atoms with van der Waals surface area (Å²) >= 11 is 0. The summed E-state index contributed by atoms with van der Waals surface area (Å²) in [5.74, 6) is 0.786. The van der Waals surface area contributed by atoms with Gasteiger partial charge >= 0.3 is 0 Å². The van der Waals surface area contributed by atoms with Crippen LogP contribution in [0.15, 0.2) is 42.5 Å². The van der Waals surface area contributed by atoms with Gasteiger partial charge in [0.15, 0.2) is 0 Å². The minimum Gasteiger partial charge on any atom is -0.497 e. The van der Waals surface area contributed by atoms with E-state index in [1.165, 1.54) is 5.56 Å². The van der Waals surface area contributed by atoms with Crippen molar-refractivity contribution in [3.05, 3.63) is 48.0 Å². The predicted octanol–water partition coefficient (Wildman–Crippen LogP) is 2.57. The molecule has 6 heteroatoms. The number of nitrogens with zero attached hydrogens (tertiary/aromatic N) is 3. The van der Waals surface area contributed by atoms with Crippen molar-refractivity contribution in [1.29, 1.82) is 0 Å². The van der Waals surface area contributed by atoms with Crippen LogP contribution in [0.2, 0.25) is 0 Å². The Hall–Kier alpha value is -2.11. The minimum absolute atomic E-state index is 0. The lowest BCUT2D eigenvalue weighted by molar-refractivity contribution is 0.415. The number of methoxy groups -OCH3 is 1. The van der Waals surface area contributed by atoms with Gasteiger partial charge in [-0.3, -0.25) is 0 Å². The van der Waals surface area contributed by atoms with Gasteiger partial charge < -0.3 is 10.1 Å². The average molecular weight is 305 g/mol. The molecule has 21 heavy (non-hydrogen) atoms. The molecule has 2 aromatic carbocycles. The molecule has 0 fully saturated rings. The van der Waals surface area contributed by atoms with Gasteiger partial charge in [-0.15, -0.1) is 17.5 Å². The van der Waals surface area contributed by atoms with Crippen LogP contribution in [0, 0.1) is 0 Å². The maximum atomic E-state index is 5.20. The first-order chi connectivity index (χ1) is 9.81. The number of hydrogen-bond acceptors (Lipinski definition) is 4. The molecule has 0 aliphatic carbocycles. The molecule has 1 heterocycles. The molecule has 0 saturated heterocycles. The second kappa shape index (κ2) is 6.56. The lowest BCUT2D eigenvalue weighted by atomic mass is 10.2.